The van der Waals surface area contributed by atoms with Crippen LogP contribution in [0.2, 0.25) is 0 Å². The van der Waals surface area contributed by atoms with E-state index in [4.69, 9.17) is 4.74 Å². The Morgan fingerprint density at radius 2 is 1.81 bits per heavy atom. The fourth-order valence-electron chi connectivity index (χ4n) is 2.54. The fraction of sp³-hybridized carbons (Fsp3) is 0.300. The summed E-state index contributed by atoms with van der Waals surface area (Å²) < 4.78 is 6.63. The van der Waals surface area contributed by atoms with E-state index in [0.29, 0.717) is 12.3 Å². The summed E-state index contributed by atoms with van der Waals surface area (Å²) in [5, 5.41) is 22.6. The van der Waals surface area contributed by atoms with Crippen LogP contribution in [-0.2, 0) is 6.54 Å². The zero-order valence-corrected chi connectivity index (χ0v) is 17.0. The number of ether oxygens (including phenoxy) is 1. The number of aromatic nitrogens is 2. The minimum atomic E-state index is -0.571. The number of hydrogen-bond acceptors (Lipinski definition) is 7. The van der Waals surface area contributed by atoms with Crippen LogP contribution in [0.1, 0.15) is 16.7 Å². The highest BCUT2D eigenvalue weighted by Gasteiger charge is 2.11. The number of rotatable bonds is 9. The number of aryl methyl sites for hydroxylation is 2. The number of anilines is 1. The van der Waals surface area contributed by atoms with Crippen LogP contribution in [0.5, 0.6) is 5.75 Å². The number of nitrogens with zero attached hydrogens (tertiary/aromatic N) is 2. The minimum Gasteiger partial charge on any atom is -0.490 e. The van der Waals surface area contributed by atoms with Crippen LogP contribution in [0.3, 0.4) is 0 Å². The summed E-state index contributed by atoms with van der Waals surface area (Å²) in [6.07, 6.45) is -0.571. The molecular formula is C20H23N3O2S2. The van der Waals surface area contributed by atoms with Gasteiger partial charge in [0.2, 0.25) is 5.13 Å². The van der Waals surface area contributed by atoms with Crippen molar-refractivity contribution in [3.05, 3.63) is 65.2 Å². The van der Waals surface area contributed by atoms with Crippen LogP contribution in [0, 0.1) is 13.8 Å². The van der Waals surface area contributed by atoms with E-state index in [1.54, 1.807) is 0 Å². The molecule has 0 saturated heterocycles. The van der Waals surface area contributed by atoms with Crippen LogP contribution in [0.4, 0.5) is 5.13 Å². The van der Waals surface area contributed by atoms with E-state index < -0.39 is 6.10 Å². The molecule has 0 aliphatic heterocycles. The topological polar surface area (TPSA) is 67.3 Å². The first kappa shape index (κ1) is 19.7. The van der Waals surface area contributed by atoms with Crippen molar-refractivity contribution < 1.29 is 9.84 Å². The van der Waals surface area contributed by atoms with Gasteiger partial charge in [-0.1, -0.05) is 71.6 Å². The zero-order valence-electron chi connectivity index (χ0n) is 15.4. The molecule has 142 valence electrons. The normalized spacial score (nSPS) is 12.0. The van der Waals surface area contributed by atoms with Gasteiger partial charge in [0.05, 0.1) is 6.10 Å². The smallest absolute Gasteiger partial charge is 0.206 e. The first-order valence-corrected chi connectivity index (χ1v) is 10.5. The highest BCUT2D eigenvalue weighted by atomic mass is 32.2. The Balaban J connectivity index is 1.42. The predicted octanol–water partition coefficient (Wildman–Crippen LogP) is 4.30. The molecule has 3 aromatic rings. The fourth-order valence-corrected chi connectivity index (χ4v) is 4.21. The first-order chi connectivity index (χ1) is 13.1. The molecule has 27 heavy (non-hydrogen) atoms. The van der Waals surface area contributed by atoms with Crippen molar-refractivity contribution in [2.75, 3.05) is 17.7 Å². The third-order valence-electron chi connectivity index (χ3n) is 3.92. The molecule has 2 N–H and O–H groups in total. The van der Waals surface area contributed by atoms with Crippen LogP contribution >= 0.6 is 23.1 Å². The van der Waals surface area contributed by atoms with E-state index in [-0.39, 0.29) is 6.61 Å². The summed E-state index contributed by atoms with van der Waals surface area (Å²) in [7, 11) is 0. The monoisotopic (exact) mass is 401 g/mol. The van der Waals surface area contributed by atoms with E-state index in [2.05, 4.69) is 27.6 Å². The highest BCUT2D eigenvalue weighted by molar-refractivity contribution is 8.01. The van der Waals surface area contributed by atoms with E-state index in [0.717, 1.165) is 26.3 Å². The number of hydrogen-bond donors (Lipinski definition) is 2. The van der Waals surface area contributed by atoms with E-state index in [1.807, 2.05) is 50.2 Å². The number of aliphatic hydroxyl groups excluding tert-OH is 1. The van der Waals surface area contributed by atoms with Crippen molar-refractivity contribution in [2.45, 2.75) is 30.8 Å². The van der Waals surface area contributed by atoms with Gasteiger partial charge in [0.25, 0.3) is 0 Å². The van der Waals surface area contributed by atoms with Crippen LogP contribution in [0.25, 0.3) is 0 Å². The molecule has 5 nitrogen and oxygen atoms in total. The summed E-state index contributed by atoms with van der Waals surface area (Å²) in [6.45, 7) is 4.99. The molecule has 2 aromatic carbocycles. The average Bonchev–Trinajstić information content (AvgIpc) is 3.13. The van der Waals surface area contributed by atoms with Crippen molar-refractivity contribution in [2.24, 2.45) is 0 Å². The molecule has 3 rings (SSSR count). The third kappa shape index (κ3) is 5.95. The Hall–Kier alpha value is -2.09. The zero-order chi connectivity index (χ0) is 19.1. The van der Waals surface area contributed by atoms with Crippen molar-refractivity contribution in [3.8, 4) is 5.75 Å². The lowest BCUT2D eigenvalue weighted by molar-refractivity contribution is 0.125. The Kier molecular flexibility index (Phi) is 7.09. The van der Waals surface area contributed by atoms with Gasteiger partial charge in [0, 0.05) is 12.3 Å². The SMILES string of the molecule is Cc1cccc(C)c1OC[C@@H](O)CSc1nnc(NCc2ccccc2)s1. The first-order valence-electron chi connectivity index (χ1n) is 8.73. The molecule has 0 aliphatic carbocycles. The van der Waals surface area contributed by atoms with Gasteiger partial charge < -0.3 is 15.2 Å². The van der Waals surface area contributed by atoms with Crippen LogP contribution in [-0.4, -0.2) is 33.8 Å². The maximum absolute atomic E-state index is 10.2. The molecule has 0 fully saturated rings. The van der Waals surface area contributed by atoms with Crippen molar-refractivity contribution >= 4 is 28.2 Å². The molecule has 1 heterocycles. The number of thioether (sulfide) groups is 1. The number of aliphatic hydroxyl groups is 1. The molecule has 1 atom stereocenters. The number of nitrogens with one attached hydrogen (secondary N) is 1. The van der Waals surface area contributed by atoms with Gasteiger partial charge in [-0.25, -0.2) is 0 Å². The molecule has 1 aromatic heterocycles. The largest absolute Gasteiger partial charge is 0.490 e. The van der Waals surface area contributed by atoms with E-state index in [1.165, 1.54) is 28.7 Å². The van der Waals surface area contributed by atoms with Crippen molar-refractivity contribution in [3.63, 3.8) is 0 Å². The maximum Gasteiger partial charge on any atom is 0.206 e. The summed E-state index contributed by atoms with van der Waals surface area (Å²) in [5.41, 5.74) is 3.35. The van der Waals surface area contributed by atoms with Crippen LogP contribution in [0.15, 0.2) is 52.9 Å². The molecule has 0 radical (unpaired) electrons. The van der Waals surface area contributed by atoms with Gasteiger partial charge in [-0.2, -0.15) is 0 Å². The Bertz CT molecular complexity index is 835. The molecule has 7 heteroatoms. The summed E-state index contributed by atoms with van der Waals surface area (Å²) in [4.78, 5) is 0. The second-order valence-electron chi connectivity index (χ2n) is 6.21. The molecule has 0 spiro atoms. The summed E-state index contributed by atoms with van der Waals surface area (Å²) >= 11 is 2.98. The third-order valence-corrected chi connectivity index (χ3v) is 6.08. The van der Waals surface area contributed by atoms with Crippen molar-refractivity contribution in [1.29, 1.82) is 0 Å². The van der Waals surface area contributed by atoms with Gasteiger partial charge >= 0.3 is 0 Å². The summed E-state index contributed by atoms with van der Waals surface area (Å²) in [6, 6.07) is 16.2. The lowest BCUT2D eigenvalue weighted by atomic mass is 10.1. The standard InChI is InChI=1S/C20H23N3O2S2/c1-14-7-6-8-15(2)18(14)25-12-17(24)13-26-20-23-22-19(27-20)21-11-16-9-4-3-5-10-16/h3-10,17,24H,11-13H2,1-2H3,(H,21,22)/t17-/m1/s1. The molecular weight excluding hydrogens is 378 g/mol. The van der Waals surface area contributed by atoms with Gasteiger partial charge in [0.15, 0.2) is 4.34 Å². The lowest BCUT2D eigenvalue weighted by Gasteiger charge is -2.14. The van der Waals surface area contributed by atoms with Gasteiger partial charge in [0.1, 0.15) is 12.4 Å². The molecule has 0 amide bonds. The quantitative estimate of drug-likeness (QED) is 0.521. The van der Waals surface area contributed by atoms with Gasteiger partial charge in [-0.05, 0) is 30.5 Å². The Morgan fingerprint density at radius 1 is 1.07 bits per heavy atom. The predicted molar refractivity (Wildman–Crippen MR) is 112 cm³/mol. The summed E-state index contributed by atoms with van der Waals surface area (Å²) in [5.74, 6) is 1.36. The average molecular weight is 402 g/mol. The van der Waals surface area contributed by atoms with E-state index >= 15 is 0 Å². The molecule has 0 saturated carbocycles. The van der Waals surface area contributed by atoms with Crippen molar-refractivity contribution in [1.82, 2.24) is 10.2 Å². The van der Waals surface area contributed by atoms with Gasteiger partial charge in [-0.3, -0.25) is 0 Å². The second kappa shape index (κ2) is 9.73. The molecule has 0 unspecified atom stereocenters. The number of benzene rings is 2. The van der Waals surface area contributed by atoms with Crippen LogP contribution < -0.4 is 10.1 Å². The molecule has 0 bridgehead atoms. The highest BCUT2D eigenvalue weighted by Crippen LogP contribution is 2.27. The minimum absolute atomic E-state index is 0.261. The lowest BCUT2D eigenvalue weighted by Crippen LogP contribution is -2.20. The Labute approximate surface area is 167 Å². The second-order valence-corrected chi connectivity index (χ2v) is 8.45. The number of para-hydroxylation sites is 1. The van der Waals surface area contributed by atoms with E-state index in [9.17, 15) is 5.11 Å². The van der Waals surface area contributed by atoms with Gasteiger partial charge in [-0.15, -0.1) is 10.2 Å². The Morgan fingerprint density at radius 3 is 2.56 bits per heavy atom. The molecule has 0 aliphatic rings. The maximum atomic E-state index is 10.2.